The van der Waals surface area contributed by atoms with Crippen LogP contribution in [0.2, 0.25) is 0 Å². The third kappa shape index (κ3) is 31.0. The molecule has 12 N–H and O–H groups in total. The summed E-state index contributed by atoms with van der Waals surface area (Å²) in [5, 5.41) is 121. The quantitative estimate of drug-likeness (QED) is 0.0255. The molecule has 0 aromatic carbocycles. The molecule has 0 aliphatic carbocycles. The molecular weight excluding hydrogens is 1080 g/mol. The minimum absolute atomic E-state index is 0.236. The van der Waals surface area contributed by atoms with E-state index in [0.717, 1.165) is 44.9 Å². The highest BCUT2D eigenvalue weighted by atomic mass is 16.8. The van der Waals surface area contributed by atoms with E-state index in [1.54, 1.807) is 0 Å². The second-order valence-corrected chi connectivity index (χ2v) is 25.0. The number of amides is 1. The maximum Gasteiger partial charge on any atom is 0.220 e. The van der Waals surface area contributed by atoms with E-state index in [-0.39, 0.29) is 18.9 Å². The van der Waals surface area contributed by atoms with E-state index in [4.69, 9.17) is 28.4 Å². The second kappa shape index (κ2) is 48.6. The highest BCUT2D eigenvalue weighted by Gasteiger charge is 2.53. The van der Waals surface area contributed by atoms with Crippen molar-refractivity contribution in [1.29, 1.82) is 0 Å². The Morgan fingerprint density at radius 1 is 0.381 bits per heavy atom. The number of nitrogens with one attached hydrogen (secondary N) is 1. The highest BCUT2D eigenvalue weighted by Crippen LogP contribution is 2.33. The Morgan fingerprint density at radius 2 is 0.679 bits per heavy atom. The second-order valence-electron chi connectivity index (χ2n) is 25.0. The number of aliphatic hydroxyl groups is 11. The Kier molecular flexibility index (Phi) is 44.6. The predicted molar refractivity (Wildman–Crippen MR) is 324 cm³/mol. The van der Waals surface area contributed by atoms with Gasteiger partial charge >= 0.3 is 0 Å². The number of ether oxygens (including phenoxy) is 6. The van der Waals surface area contributed by atoms with Crippen LogP contribution in [0.15, 0.2) is 0 Å². The molecule has 3 aliphatic heterocycles. The predicted octanol–water partition coefficient (Wildman–Crippen LogP) is 8.33. The van der Waals surface area contributed by atoms with E-state index in [2.05, 4.69) is 19.2 Å². The Balaban J connectivity index is 1.44. The fourth-order valence-electron chi connectivity index (χ4n) is 12.1. The molecule has 84 heavy (non-hydrogen) atoms. The van der Waals surface area contributed by atoms with E-state index in [1.165, 1.54) is 199 Å². The Hall–Kier alpha value is -1.21. The first-order valence-corrected chi connectivity index (χ1v) is 34.3. The molecule has 0 aromatic heterocycles. The number of unbranched alkanes of at least 4 members (excludes halogenated alkanes) is 37. The summed E-state index contributed by atoms with van der Waals surface area (Å²) in [5.74, 6) is -0.236. The third-order valence-electron chi connectivity index (χ3n) is 17.7. The number of hydrogen-bond donors (Lipinski definition) is 12. The minimum Gasteiger partial charge on any atom is -0.394 e. The van der Waals surface area contributed by atoms with Crippen LogP contribution in [0.1, 0.15) is 277 Å². The van der Waals surface area contributed by atoms with Crippen LogP contribution < -0.4 is 5.32 Å². The topological polar surface area (TPSA) is 307 Å². The van der Waals surface area contributed by atoms with Gasteiger partial charge in [0.15, 0.2) is 18.9 Å². The molecule has 3 saturated heterocycles. The number of aliphatic hydroxyl groups excluding tert-OH is 11. The van der Waals surface area contributed by atoms with Crippen LogP contribution in [0.4, 0.5) is 0 Å². The summed E-state index contributed by atoms with van der Waals surface area (Å²) in [4.78, 5) is 13.4. The molecule has 17 atom stereocenters. The molecular formula is C65H125NO18. The first kappa shape index (κ1) is 77.0. The first-order valence-electron chi connectivity index (χ1n) is 34.3. The van der Waals surface area contributed by atoms with E-state index < -0.39 is 124 Å². The molecule has 1 amide bonds. The minimum atomic E-state index is -1.97. The summed E-state index contributed by atoms with van der Waals surface area (Å²) in [6.45, 7) is 1.84. The molecule has 498 valence electrons. The zero-order valence-corrected chi connectivity index (χ0v) is 52.4. The van der Waals surface area contributed by atoms with Gasteiger partial charge < -0.3 is 89.9 Å². The van der Waals surface area contributed by atoms with Gasteiger partial charge in [-0.15, -0.1) is 0 Å². The van der Waals surface area contributed by atoms with Crippen LogP contribution in [-0.2, 0) is 33.2 Å². The van der Waals surface area contributed by atoms with Gasteiger partial charge in [0.25, 0.3) is 0 Å². The van der Waals surface area contributed by atoms with Gasteiger partial charge in [0.05, 0.1) is 38.6 Å². The van der Waals surface area contributed by atoms with Gasteiger partial charge in [-0.2, -0.15) is 0 Å². The molecule has 0 bridgehead atoms. The van der Waals surface area contributed by atoms with Crippen molar-refractivity contribution in [2.45, 2.75) is 381 Å². The lowest BCUT2D eigenvalue weighted by Crippen LogP contribution is -2.66. The molecule has 3 heterocycles. The lowest BCUT2D eigenvalue weighted by Gasteiger charge is -2.48. The molecule has 0 aromatic rings. The van der Waals surface area contributed by atoms with Crippen molar-refractivity contribution in [1.82, 2.24) is 5.32 Å². The van der Waals surface area contributed by atoms with Crippen LogP contribution >= 0.6 is 0 Å². The monoisotopic (exact) mass is 1210 g/mol. The van der Waals surface area contributed by atoms with Crippen molar-refractivity contribution in [3.8, 4) is 0 Å². The number of hydrogen-bond acceptors (Lipinski definition) is 18. The number of carbonyl (C=O) groups is 1. The van der Waals surface area contributed by atoms with Crippen molar-refractivity contribution in [2.75, 3.05) is 26.4 Å². The Labute approximate surface area is 506 Å². The van der Waals surface area contributed by atoms with E-state index in [1.807, 2.05) is 0 Å². The Morgan fingerprint density at radius 3 is 1.04 bits per heavy atom. The number of carbonyl (C=O) groups excluding carboxylic acids is 1. The van der Waals surface area contributed by atoms with Crippen molar-refractivity contribution in [3.63, 3.8) is 0 Å². The normalized spacial score (nSPS) is 29.1. The van der Waals surface area contributed by atoms with Crippen molar-refractivity contribution >= 4 is 5.91 Å². The van der Waals surface area contributed by atoms with Crippen LogP contribution in [0, 0.1) is 0 Å². The van der Waals surface area contributed by atoms with Gasteiger partial charge in [-0.25, -0.2) is 0 Å². The summed E-state index contributed by atoms with van der Waals surface area (Å²) < 4.78 is 34.4. The van der Waals surface area contributed by atoms with Crippen molar-refractivity contribution in [3.05, 3.63) is 0 Å². The maximum absolute atomic E-state index is 13.4. The van der Waals surface area contributed by atoms with Crippen molar-refractivity contribution < 1.29 is 89.4 Å². The fourth-order valence-corrected chi connectivity index (χ4v) is 12.1. The summed E-state index contributed by atoms with van der Waals surface area (Å²) in [6.07, 6.45) is 23.2. The van der Waals surface area contributed by atoms with Crippen LogP contribution in [0.5, 0.6) is 0 Å². The fraction of sp³-hybridized carbons (Fsp3) is 0.985. The summed E-state index contributed by atoms with van der Waals surface area (Å²) in [5.41, 5.74) is 0. The van der Waals surface area contributed by atoms with Crippen LogP contribution in [0.3, 0.4) is 0 Å². The van der Waals surface area contributed by atoms with Gasteiger partial charge in [-0.1, -0.05) is 258 Å². The van der Waals surface area contributed by atoms with Gasteiger partial charge in [0.1, 0.15) is 73.2 Å². The first-order chi connectivity index (χ1) is 40.8. The largest absolute Gasteiger partial charge is 0.394 e. The van der Waals surface area contributed by atoms with Gasteiger partial charge in [0.2, 0.25) is 5.91 Å². The molecule has 3 rings (SSSR count). The molecule has 19 nitrogen and oxygen atoms in total. The molecule has 0 spiro atoms. The highest BCUT2D eigenvalue weighted by molar-refractivity contribution is 5.76. The lowest BCUT2D eigenvalue weighted by molar-refractivity contribution is -0.379. The Bertz CT molecular complexity index is 1540. The van der Waals surface area contributed by atoms with E-state index in [0.29, 0.717) is 12.8 Å². The summed E-state index contributed by atoms with van der Waals surface area (Å²) in [6, 6.07) is -0.881. The summed E-state index contributed by atoms with van der Waals surface area (Å²) in [7, 11) is 0. The molecule has 19 heteroatoms. The van der Waals surface area contributed by atoms with Crippen molar-refractivity contribution in [2.24, 2.45) is 0 Å². The van der Waals surface area contributed by atoms with Gasteiger partial charge in [0, 0.05) is 6.42 Å². The lowest BCUT2D eigenvalue weighted by atomic mass is 9.96. The summed E-state index contributed by atoms with van der Waals surface area (Å²) >= 11 is 0. The molecule has 3 fully saturated rings. The smallest absolute Gasteiger partial charge is 0.220 e. The molecule has 0 saturated carbocycles. The molecule has 17 unspecified atom stereocenters. The SMILES string of the molecule is CCCCCCCCCCCCCCCCCCCCCCC(O)C(COC1OC(CO)C(OC2OC(CO)C(OC3OC(CO)C(O)C(O)C3O)C(O)C2O)C(O)C1O)NC(=O)CCCCCCCCCCCCCCCCCCCCC. The zero-order chi connectivity index (χ0) is 61.2. The van der Waals surface area contributed by atoms with Crippen LogP contribution in [-0.4, -0.2) is 193 Å². The molecule has 0 radical (unpaired) electrons. The average molecular weight is 1210 g/mol. The van der Waals surface area contributed by atoms with Gasteiger partial charge in [-0.3, -0.25) is 4.79 Å². The maximum atomic E-state index is 13.4. The van der Waals surface area contributed by atoms with E-state index in [9.17, 15) is 61.0 Å². The zero-order valence-electron chi connectivity index (χ0n) is 52.4. The average Bonchev–Trinajstić information content (AvgIpc) is 3.45. The number of rotatable bonds is 53. The third-order valence-corrected chi connectivity index (χ3v) is 17.7. The van der Waals surface area contributed by atoms with Crippen LogP contribution in [0.25, 0.3) is 0 Å². The standard InChI is InChI=1S/C65H125NO18/c1-3-5-7-9-11-13-15-17-19-21-23-25-26-28-30-32-34-36-38-40-42-49(70)48(66-53(71)43-41-39-37-35-33-31-29-27-24-22-20-18-16-14-12-10-8-6-4-2)47-79-63-59(77)56(74)61(51(45-68)81-63)84-65-60(78)57(75)62(52(46-69)82-65)83-64-58(76)55(73)54(72)50(44-67)80-64/h48-52,54-65,67-70,72-78H,3-47H2,1-2H3,(H,66,71). The molecule has 3 aliphatic rings. The van der Waals surface area contributed by atoms with Gasteiger partial charge in [-0.05, 0) is 12.8 Å². The van der Waals surface area contributed by atoms with E-state index >= 15 is 0 Å².